The molecule has 0 radical (unpaired) electrons. The Morgan fingerprint density at radius 3 is 2.89 bits per heavy atom. The number of aromatic nitrogens is 6. The normalized spacial score (nSPS) is 25.6. The number of hydrazone groups is 1. The van der Waals surface area contributed by atoms with E-state index in [2.05, 4.69) is 35.4 Å². The summed E-state index contributed by atoms with van der Waals surface area (Å²) >= 11 is 0. The highest BCUT2D eigenvalue weighted by atomic mass is 16.6. The van der Waals surface area contributed by atoms with E-state index in [1.54, 1.807) is 12.4 Å². The summed E-state index contributed by atoms with van der Waals surface area (Å²) in [5, 5.41) is 33.4. The molecule has 4 rings (SSSR count). The molecule has 0 bridgehead atoms. The Hall–Kier alpha value is -3.13. The molecule has 1 aliphatic rings. The first-order chi connectivity index (χ1) is 13.1. The number of nitrogen functional groups attached to an aromatic ring is 1. The summed E-state index contributed by atoms with van der Waals surface area (Å²) in [7, 11) is 0. The molecule has 0 spiro atoms. The van der Waals surface area contributed by atoms with Crippen molar-refractivity contribution < 1.29 is 20.1 Å². The highest BCUT2D eigenvalue weighted by Gasteiger charge is 2.44. The molecule has 0 unspecified atom stereocenters. The Morgan fingerprint density at radius 2 is 2.19 bits per heavy atom. The van der Waals surface area contributed by atoms with Gasteiger partial charge in [-0.15, -0.1) is 0 Å². The quantitative estimate of drug-likeness (QED) is 0.219. The monoisotopic (exact) mass is 375 g/mol. The summed E-state index contributed by atoms with van der Waals surface area (Å²) in [6.07, 6.45) is 1.62. The number of fused-ring (bicyclic) bond motifs is 1. The third-order valence-corrected chi connectivity index (χ3v) is 4.11. The molecule has 13 heteroatoms. The first-order valence-corrected chi connectivity index (χ1v) is 7.99. The number of aliphatic hydroxyl groups is 3. The number of rotatable bonds is 5. The molecule has 0 saturated carbocycles. The smallest absolute Gasteiger partial charge is 0.247 e. The third kappa shape index (κ3) is 3.08. The Bertz CT molecular complexity index is 957. The maximum atomic E-state index is 10.2. The number of H-pyrrole nitrogens is 1. The number of nitrogens with one attached hydrogen (secondary N) is 2. The number of hydrogen-bond acceptors (Lipinski definition) is 11. The van der Waals surface area contributed by atoms with Crippen LogP contribution in [0.25, 0.3) is 11.2 Å². The molecule has 7 N–H and O–H groups in total. The van der Waals surface area contributed by atoms with Crippen molar-refractivity contribution in [1.29, 1.82) is 0 Å². The molecule has 13 nitrogen and oxygen atoms in total. The summed E-state index contributed by atoms with van der Waals surface area (Å²) in [4.78, 5) is 19.3. The second-order valence-electron chi connectivity index (χ2n) is 5.83. The number of nitrogens with two attached hydrogens (primary N) is 1. The summed E-state index contributed by atoms with van der Waals surface area (Å²) in [6, 6.07) is 0. The number of nitrogens with zero attached hydrogens (tertiary/aromatic N) is 6. The van der Waals surface area contributed by atoms with Crippen molar-refractivity contribution in [2.75, 3.05) is 17.8 Å². The second kappa shape index (κ2) is 6.88. The van der Waals surface area contributed by atoms with Crippen LogP contribution in [0.15, 0.2) is 23.8 Å². The molecule has 1 fully saturated rings. The van der Waals surface area contributed by atoms with E-state index in [0.717, 1.165) is 0 Å². The fourth-order valence-corrected chi connectivity index (χ4v) is 2.78. The van der Waals surface area contributed by atoms with Crippen molar-refractivity contribution >= 4 is 29.1 Å². The predicted molar refractivity (Wildman–Crippen MR) is 92.5 cm³/mol. The van der Waals surface area contributed by atoms with Crippen molar-refractivity contribution in [1.82, 2.24) is 29.5 Å². The van der Waals surface area contributed by atoms with Gasteiger partial charge in [-0.05, 0) is 0 Å². The molecule has 142 valence electrons. The van der Waals surface area contributed by atoms with Crippen LogP contribution in [0.3, 0.4) is 0 Å². The lowest BCUT2D eigenvalue weighted by Gasteiger charge is -2.16. The Kier molecular flexibility index (Phi) is 4.41. The van der Waals surface area contributed by atoms with E-state index in [1.807, 2.05) is 0 Å². The molecule has 27 heavy (non-hydrogen) atoms. The van der Waals surface area contributed by atoms with E-state index in [9.17, 15) is 15.3 Å². The molecule has 3 aromatic heterocycles. The third-order valence-electron chi connectivity index (χ3n) is 4.11. The SMILES string of the molecule is Nc1nc(NN=Cc2ncc[nH]2)nc2c1ncn2[C@@H]1O[C@H](CO)[C@@H](O)[C@H]1O. The van der Waals surface area contributed by atoms with Gasteiger partial charge in [0, 0.05) is 12.4 Å². The van der Waals surface area contributed by atoms with Gasteiger partial charge < -0.3 is 30.8 Å². The Balaban J connectivity index is 1.64. The minimum atomic E-state index is -1.27. The lowest BCUT2D eigenvalue weighted by Crippen LogP contribution is -2.33. The van der Waals surface area contributed by atoms with Crippen molar-refractivity contribution in [3.8, 4) is 0 Å². The summed E-state index contributed by atoms with van der Waals surface area (Å²) in [6.45, 7) is -0.438. The lowest BCUT2D eigenvalue weighted by atomic mass is 10.1. The maximum absolute atomic E-state index is 10.2. The van der Waals surface area contributed by atoms with Crippen LogP contribution in [0, 0.1) is 0 Å². The Morgan fingerprint density at radius 1 is 1.33 bits per heavy atom. The zero-order valence-corrected chi connectivity index (χ0v) is 13.8. The fraction of sp³-hybridized carbons (Fsp3) is 0.357. The van der Waals surface area contributed by atoms with E-state index in [0.29, 0.717) is 11.3 Å². The Labute approximate surface area is 151 Å². The van der Waals surface area contributed by atoms with Crippen LogP contribution < -0.4 is 11.2 Å². The zero-order chi connectivity index (χ0) is 19.0. The number of aromatic amines is 1. The molecule has 1 aliphatic heterocycles. The molecule has 4 atom stereocenters. The van der Waals surface area contributed by atoms with Gasteiger partial charge in [0.15, 0.2) is 17.7 Å². The van der Waals surface area contributed by atoms with Gasteiger partial charge in [-0.2, -0.15) is 15.1 Å². The summed E-state index contributed by atoms with van der Waals surface area (Å²) in [5.74, 6) is 0.727. The van der Waals surface area contributed by atoms with Crippen LogP contribution in [-0.2, 0) is 4.74 Å². The van der Waals surface area contributed by atoms with Crippen LogP contribution in [0.2, 0.25) is 0 Å². The molecule has 1 saturated heterocycles. The van der Waals surface area contributed by atoms with Gasteiger partial charge in [0.05, 0.1) is 19.1 Å². The van der Waals surface area contributed by atoms with E-state index < -0.39 is 31.1 Å². The highest BCUT2D eigenvalue weighted by Crippen LogP contribution is 2.32. The topological polar surface area (TPSA) is 193 Å². The van der Waals surface area contributed by atoms with E-state index in [4.69, 9.17) is 10.5 Å². The van der Waals surface area contributed by atoms with Gasteiger partial charge >= 0.3 is 0 Å². The van der Waals surface area contributed by atoms with Crippen molar-refractivity contribution in [2.45, 2.75) is 24.5 Å². The zero-order valence-electron chi connectivity index (χ0n) is 13.8. The highest BCUT2D eigenvalue weighted by molar-refractivity contribution is 5.83. The molecule has 4 heterocycles. The van der Waals surface area contributed by atoms with Crippen LogP contribution in [-0.4, -0.2) is 75.9 Å². The first-order valence-electron chi connectivity index (χ1n) is 7.99. The lowest BCUT2D eigenvalue weighted by molar-refractivity contribution is -0.0511. The van der Waals surface area contributed by atoms with E-state index in [1.165, 1.54) is 17.1 Å². The van der Waals surface area contributed by atoms with Gasteiger partial charge in [-0.25, -0.2) is 15.4 Å². The van der Waals surface area contributed by atoms with Crippen molar-refractivity contribution in [3.05, 3.63) is 24.5 Å². The van der Waals surface area contributed by atoms with Crippen LogP contribution in [0.1, 0.15) is 12.1 Å². The predicted octanol–water partition coefficient (Wildman–Crippen LogP) is -1.81. The van der Waals surface area contributed by atoms with Gasteiger partial charge in [0.1, 0.15) is 29.7 Å². The van der Waals surface area contributed by atoms with Gasteiger partial charge in [-0.3, -0.25) is 4.57 Å². The fourth-order valence-electron chi connectivity index (χ4n) is 2.78. The maximum Gasteiger partial charge on any atom is 0.247 e. The number of hydrogen-bond donors (Lipinski definition) is 6. The average molecular weight is 375 g/mol. The number of aliphatic hydroxyl groups excluding tert-OH is 3. The summed E-state index contributed by atoms with van der Waals surface area (Å²) < 4.78 is 6.92. The largest absolute Gasteiger partial charge is 0.394 e. The van der Waals surface area contributed by atoms with Gasteiger partial charge in [0.25, 0.3) is 0 Å². The standard InChI is InChI=1S/C14H17N9O4/c15-11-8-12(21-14(20-11)22-19-3-7-16-1-2-17-7)23(5-18-8)13-10(26)9(25)6(4-24)27-13/h1-3,5-6,9-10,13,24-26H,4H2,(H,16,17)(H3,15,20,21,22)/t6-,9-,10-,13-/m1/s1. The van der Waals surface area contributed by atoms with Crippen LogP contribution in [0.4, 0.5) is 11.8 Å². The van der Waals surface area contributed by atoms with E-state index >= 15 is 0 Å². The minimum Gasteiger partial charge on any atom is -0.394 e. The van der Waals surface area contributed by atoms with Crippen LogP contribution in [0.5, 0.6) is 0 Å². The summed E-state index contributed by atoms with van der Waals surface area (Å²) in [5.41, 5.74) is 9.13. The number of anilines is 2. The second-order valence-corrected chi connectivity index (χ2v) is 5.83. The molecular formula is C14H17N9O4. The first kappa shape index (κ1) is 17.3. The number of ether oxygens (including phenoxy) is 1. The van der Waals surface area contributed by atoms with E-state index in [-0.39, 0.29) is 17.4 Å². The van der Waals surface area contributed by atoms with Crippen LogP contribution >= 0.6 is 0 Å². The molecule has 0 aliphatic carbocycles. The molecular weight excluding hydrogens is 358 g/mol. The minimum absolute atomic E-state index is 0.0938. The van der Waals surface area contributed by atoms with Crippen molar-refractivity contribution in [3.63, 3.8) is 0 Å². The molecule has 3 aromatic rings. The molecule has 0 aromatic carbocycles. The van der Waals surface area contributed by atoms with Crippen molar-refractivity contribution in [2.24, 2.45) is 5.10 Å². The number of imidazole rings is 2. The van der Waals surface area contributed by atoms with Gasteiger partial charge in [-0.1, -0.05) is 0 Å². The molecule has 0 amide bonds. The van der Waals surface area contributed by atoms with Gasteiger partial charge in [0.2, 0.25) is 5.95 Å². The average Bonchev–Trinajstić information content (AvgIpc) is 3.37.